The third kappa shape index (κ3) is 3.91. The Morgan fingerprint density at radius 2 is 1.88 bits per heavy atom. The number of carbonyl (C=O) groups excluding carboxylic acids is 1. The van der Waals surface area contributed by atoms with Gasteiger partial charge in [0.15, 0.2) is 0 Å². The van der Waals surface area contributed by atoms with Crippen molar-refractivity contribution in [2.24, 2.45) is 0 Å². The molecule has 6 heteroatoms. The standard InChI is InChI=1S/C20H21FN4O/c1-3-25(20(26)15-7-9-16(21)10-8-15)19-6-4-5-18(11-19)24(2)13-17-12-22-14-23-17/h4-12,14H,3,13H2,1-2H3,(H,22,23). The highest BCUT2D eigenvalue weighted by Gasteiger charge is 2.17. The maximum atomic E-state index is 13.1. The third-order valence-electron chi connectivity index (χ3n) is 4.20. The van der Waals surface area contributed by atoms with Crippen LogP contribution >= 0.6 is 0 Å². The third-order valence-corrected chi connectivity index (χ3v) is 4.20. The Labute approximate surface area is 152 Å². The molecule has 0 aliphatic heterocycles. The molecule has 0 bridgehead atoms. The summed E-state index contributed by atoms with van der Waals surface area (Å²) in [6.45, 7) is 3.12. The van der Waals surface area contributed by atoms with Crippen LogP contribution in [0.1, 0.15) is 23.0 Å². The number of aromatic amines is 1. The van der Waals surface area contributed by atoms with Crippen molar-refractivity contribution in [2.75, 3.05) is 23.4 Å². The molecular weight excluding hydrogens is 331 g/mol. The number of amides is 1. The van der Waals surface area contributed by atoms with Crippen molar-refractivity contribution in [1.82, 2.24) is 9.97 Å². The van der Waals surface area contributed by atoms with Crippen LogP contribution in [0.15, 0.2) is 61.1 Å². The van der Waals surface area contributed by atoms with E-state index >= 15 is 0 Å². The van der Waals surface area contributed by atoms with Crippen LogP contribution in [0.4, 0.5) is 15.8 Å². The first-order chi connectivity index (χ1) is 12.6. The van der Waals surface area contributed by atoms with E-state index < -0.39 is 0 Å². The zero-order valence-electron chi connectivity index (χ0n) is 14.8. The second-order valence-electron chi connectivity index (χ2n) is 6.01. The summed E-state index contributed by atoms with van der Waals surface area (Å²) in [5.41, 5.74) is 3.26. The monoisotopic (exact) mass is 352 g/mol. The molecule has 1 amide bonds. The smallest absolute Gasteiger partial charge is 0.258 e. The summed E-state index contributed by atoms with van der Waals surface area (Å²) >= 11 is 0. The lowest BCUT2D eigenvalue weighted by Gasteiger charge is -2.24. The van der Waals surface area contributed by atoms with Gasteiger partial charge in [-0.3, -0.25) is 4.79 Å². The molecule has 0 fully saturated rings. The van der Waals surface area contributed by atoms with E-state index in [1.54, 1.807) is 17.4 Å². The lowest BCUT2D eigenvalue weighted by Crippen LogP contribution is -2.30. The summed E-state index contributed by atoms with van der Waals surface area (Å²) in [6, 6.07) is 13.4. The van der Waals surface area contributed by atoms with Crippen molar-refractivity contribution in [3.8, 4) is 0 Å². The molecule has 0 saturated carbocycles. The molecule has 0 atom stereocenters. The summed E-state index contributed by atoms with van der Waals surface area (Å²) in [5.74, 6) is -0.507. The van der Waals surface area contributed by atoms with Crippen molar-refractivity contribution < 1.29 is 9.18 Å². The van der Waals surface area contributed by atoms with E-state index in [9.17, 15) is 9.18 Å². The van der Waals surface area contributed by atoms with E-state index in [2.05, 4.69) is 14.9 Å². The lowest BCUT2D eigenvalue weighted by molar-refractivity contribution is 0.0988. The number of anilines is 2. The number of benzene rings is 2. The largest absolute Gasteiger partial charge is 0.369 e. The average Bonchev–Trinajstić information content (AvgIpc) is 3.16. The van der Waals surface area contributed by atoms with Gasteiger partial charge in [0.05, 0.1) is 18.6 Å². The van der Waals surface area contributed by atoms with Crippen molar-refractivity contribution >= 4 is 17.3 Å². The summed E-state index contributed by atoms with van der Waals surface area (Å²) in [7, 11) is 1.98. The van der Waals surface area contributed by atoms with Gasteiger partial charge >= 0.3 is 0 Å². The molecule has 0 radical (unpaired) electrons. The maximum absolute atomic E-state index is 13.1. The van der Waals surface area contributed by atoms with E-state index in [0.717, 1.165) is 17.1 Å². The quantitative estimate of drug-likeness (QED) is 0.733. The van der Waals surface area contributed by atoms with Gasteiger partial charge < -0.3 is 14.8 Å². The summed E-state index contributed by atoms with van der Waals surface area (Å²) in [6.07, 6.45) is 3.44. The van der Waals surface area contributed by atoms with E-state index in [1.165, 1.54) is 24.3 Å². The number of nitrogens with one attached hydrogen (secondary N) is 1. The predicted octanol–water partition coefficient (Wildman–Crippen LogP) is 3.85. The van der Waals surface area contributed by atoms with E-state index in [1.807, 2.05) is 38.2 Å². The zero-order chi connectivity index (χ0) is 18.5. The Kier molecular flexibility index (Phi) is 5.31. The topological polar surface area (TPSA) is 52.2 Å². The molecule has 1 aromatic heterocycles. The van der Waals surface area contributed by atoms with Crippen molar-refractivity contribution in [1.29, 1.82) is 0 Å². The van der Waals surface area contributed by atoms with Crippen LogP contribution in [0.5, 0.6) is 0 Å². The molecule has 0 aliphatic rings. The van der Waals surface area contributed by atoms with Gasteiger partial charge in [-0.05, 0) is 49.4 Å². The Balaban J connectivity index is 1.82. The van der Waals surface area contributed by atoms with Gasteiger partial charge in [0.1, 0.15) is 5.82 Å². The highest BCUT2D eigenvalue weighted by Crippen LogP contribution is 2.24. The Morgan fingerprint density at radius 1 is 1.15 bits per heavy atom. The van der Waals surface area contributed by atoms with Gasteiger partial charge in [-0.15, -0.1) is 0 Å². The number of hydrogen-bond acceptors (Lipinski definition) is 3. The van der Waals surface area contributed by atoms with Gasteiger partial charge in [0.2, 0.25) is 0 Å². The molecule has 2 aromatic carbocycles. The number of H-pyrrole nitrogens is 1. The molecule has 134 valence electrons. The van der Waals surface area contributed by atoms with Crippen LogP contribution < -0.4 is 9.80 Å². The number of carbonyl (C=O) groups is 1. The maximum Gasteiger partial charge on any atom is 0.258 e. The van der Waals surface area contributed by atoms with Gasteiger partial charge in [-0.25, -0.2) is 9.37 Å². The fourth-order valence-corrected chi connectivity index (χ4v) is 2.81. The number of aromatic nitrogens is 2. The molecular formula is C20H21FN4O. The minimum absolute atomic E-state index is 0.152. The fourth-order valence-electron chi connectivity index (χ4n) is 2.81. The minimum Gasteiger partial charge on any atom is -0.369 e. The molecule has 0 unspecified atom stereocenters. The highest BCUT2D eigenvalue weighted by molar-refractivity contribution is 6.06. The van der Waals surface area contributed by atoms with Gasteiger partial charge in [-0.2, -0.15) is 0 Å². The van der Waals surface area contributed by atoms with Crippen molar-refractivity contribution in [3.05, 3.63) is 78.1 Å². The second kappa shape index (κ2) is 7.82. The fraction of sp³-hybridized carbons (Fsp3) is 0.200. The van der Waals surface area contributed by atoms with E-state index in [0.29, 0.717) is 18.7 Å². The molecule has 0 aliphatic carbocycles. The van der Waals surface area contributed by atoms with Gasteiger partial charge in [0.25, 0.3) is 5.91 Å². The Morgan fingerprint density at radius 3 is 2.54 bits per heavy atom. The minimum atomic E-state index is -0.355. The van der Waals surface area contributed by atoms with Crippen LogP contribution in [0.3, 0.4) is 0 Å². The van der Waals surface area contributed by atoms with Gasteiger partial charge in [-0.1, -0.05) is 6.07 Å². The molecule has 1 heterocycles. The first kappa shape index (κ1) is 17.7. The molecule has 0 spiro atoms. The first-order valence-electron chi connectivity index (χ1n) is 8.44. The SMILES string of the molecule is CCN(C(=O)c1ccc(F)cc1)c1cccc(N(C)Cc2cnc[nH]2)c1. The molecule has 3 rings (SSSR count). The van der Waals surface area contributed by atoms with E-state index in [4.69, 9.17) is 0 Å². The summed E-state index contributed by atoms with van der Waals surface area (Å²) < 4.78 is 13.1. The Hall–Kier alpha value is -3.15. The predicted molar refractivity (Wildman–Crippen MR) is 101 cm³/mol. The van der Waals surface area contributed by atoms with Crippen LogP contribution in [-0.2, 0) is 6.54 Å². The lowest BCUT2D eigenvalue weighted by atomic mass is 10.1. The van der Waals surface area contributed by atoms with Crippen molar-refractivity contribution in [3.63, 3.8) is 0 Å². The summed E-state index contributed by atoms with van der Waals surface area (Å²) in [5, 5.41) is 0. The summed E-state index contributed by atoms with van der Waals surface area (Å²) in [4.78, 5) is 23.7. The average molecular weight is 352 g/mol. The van der Waals surface area contributed by atoms with Gasteiger partial charge in [0, 0.05) is 36.7 Å². The first-order valence-corrected chi connectivity index (χ1v) is 8.44. The molecule has 0 saturated heterocycles. The number of hydrogen-bond donors (Lipinski definition) is 1. The zero-order valence-corrected chi connectivity index (χ0v) is 14.8. The number of imidazole rings is 1. The van der Waals surface area contributed by atoms with Crippen LogP contribution in [-0.4, -0.2) is 29.5 Å². The number of nitrogens with zero attached hydrogens (tertiary/aromatic N) is 3. The van der Waals surface area contributed by atoms with Crippen LogP contribution in [0.25, 0.3) is 0 Å². The second-order valence-corrected chi connectivity index (χ2v) is 6.01. The molecule has 26 heavy (non-hydrogen) atoms. The molecule has 3 aromatic rings. The van der Waals surface area contributed by atoms with Crippen molar-refractivity contribution in [2.45, 2.75) is 13.5 Å². The van der Waals surface area contributed by atoms with E-state index in [-0.39, 0.29) is 11.7 Å². The normalized spacial score (nSPS) is 10.6. The van der Waals surface area contributed by atoms with Crippen LogP contribution in [0.2, 0.25) is 0 Å². The molecule has 1 N–H and O–H groups in total. The van der Waals surface area contributed by atoms with Crippen LogP contribution in [0, 0.1) is 5.82 Å². The molecule has 5 nitrogen and oxygen atoms in total. The number of halogens is 1. The number of rotatable bonds is 6. The Bertz CT molecular complexity index is 862. The highest BCUT2D eigenvalue weighted by atomic mass is 19.1.